The Morgan fingerprint density at radius 2 is 1.47 bits per heavy atom. The van der Waals surface area contributed by atoms with Crippen molar-refractivity contribution < 1.29 is 39.8 Å². The first-order valence-corrected chi connectivity index (χ1v) is 14.3. The maximum Gasteiger partial charge on any atom is 0.303 e. The Bertz CT molecular complexity index is 872. The Morgan fingerprint density at radius 3 is 2.05 bits per heavy atom. The van der Waals surface area contributed by atoms with Gasteiger partial charge in [-0.3, -0.25) is 4.79 Å². The molecular formula is C30H50O8. The highest BCUT2D eigenvalue weighted by molar-refractivity contribution is 5.66. The van der Waals surface area contributed by atoms with E-state index >= 15 is 0 Å². The van der Waals surface area contributed by atoms with Crippen molar-refractivity contribution in [2.24, 2.45) is 17.8 Å². The van der Waals surface area contributed by atoms with Crippen LogP contribution in [0.4, 0.5) is 0 Å². The normalized spacial score (nSPS) is 24.1. The van der Waals surface area contributed by atoms with Crippen molar-refractivity contribution in [1.82, 2.24) is 0 Å². The van der Waals surface area contributed by atoms with Crippen molar-refractivity contribution in [2.75, 3.05) is 6.61 Å². The highest BCUT2D eigenvalue weighted by Crippen LogP contribution is 2.35. The Kier molecular flexibility index (Phi) is 13.3. The van der Waals surface area contributed by atoms with E-state index in [1.807, 2.05) is 13.8 Å². The van der Waals surface area contributed by atoms with Gasteiger partial charge in [0.15, 0.2) is 0 Å². The summed E-state index contributed by atoms with van der Waals surface area (Å²) >= 11 is 0. The number of aliphatic hydroxyl groups excluding tert-OH is 3. The van der Waals surface area contributed by atoms with E-state index in [4.69, 9.17) is 14.6 Å². The zero-order valence-corrected chi connectivity index (χ0v) is 23.9. The summed E-state index contributed by atoms with van der Waals surface area (Å²) in [5, 5.41) is 49.4. The van der Waals surface area contributed by atoms with E-state index in [2.05, 4.69) is 20.8 Å². The SMILES string of the molecule is Cc1c(O[C@@H]2OC[C@@H](O)[C@H](O)[C@H]2O)cc(CCC(C)CCCC(C)CCCC(C)CCC(=O)O)c(O)c1C. The van der Waals surface area contributed by atoms with Gasteiger partial charge in [-0.2, -0.15) is 0 Å². The van der Waals surface area contributed by atoms with Crippen LogP contribution in [0, 0.1) is 31.6 Å². The van der Waals surface area contributed by atoms with E-state index in [0.29, 0.717) is 35.5 Å². The lowest BCUT2D eigenvalue weighted by atomic mass is 9.90. The molecule has 1 fully saturated rings. The molecule has 0 aliphatic carbocycles. The van der Waals surface area contributed by atoms with E-state index in [0.717, 1.165) is 49.7 Å². The predicted octanol–water partition coefficient (Wildman–Crippen LogP) is 4.87. The number of aliphatic carboxylic acids is 1. The second-order valence-corrected chi connectivity index (χ2v) is 11.6. The fourth-order valence-electron chi connectivity index (χ4n) is 5.09. The summed E-state index contributed by atoms with van der Waals surface area (Å²) in [4.78, 5) is 10.7. The van der Waals surface area contributed by atoms with Crippen LogP contribution in [0.3, 0.4) is 0 Å². The van der Waals surface area contributed by atoms with Crippen molar-refractivity contribution in [1.29, 1.82) is 0 Å². The van der Waals surface area contributed by atoms with E-state index in [9.17, 15) is 25.2 Å². The van der Waals surface area contributed by atoms with Crippen LogP contribution in [-0.4, -0.2) is 62.7 Å². The average Bonchev–Trinajstić information content (AvgIpc) is 2.87. The van der Waals surface area contributed by atoms with Crippen molar-refractivity contribution in [3.8, 4) is 11.5 Å². The monoisotopic (exact) mass is 538 g/mol. The second kappa shape index (κ2) is 15.7. The van der Waals surface area contributed by atoms with Crippen LogP contribution in [0.1, 0.15) is 95.2 Å². The number of phenolic OH excluding ortho intramolecular Hbond substituents is 1. The summed E-state index contributed by atoms with van der Waals surface area (Å²) in [6.07, 6.45) is 4.55. The minimum atomic E-state index is -1.38. The molecule has 2 rings (SSSR count). The van der Waals surface area contributed by atoms with E-state index in [1.54, 1.807) is 6.07 Å². The summed E-state index contributed by atoms with van der Waals surface area (Å²) in [7, 11) is 0. The Balaban J connectivity index is 1.79. The van der Waals surface area contributed by atoms with Crippen molar-refractivity contribution in [3.05, 3.63) is 22.8 Å². The number of hydrogen-bond donors (Lipinski definition) is 5. The van der Waals surface area contributed by atoms with Gasteiger partial charge in [-0.05, 0) is 73.6 Å². The molecule has 1 aliphatic heterocycles. The Morgan fingerprint density at radius 1 is 0.921 bits per heavy atom. The summed E-state index contributed by atoms with van der Waals surface area (Å²) in [6.45, 7) is 10.2. The molecule has 1 aromatic rings. The van der Waals surface area contributed by atoms with Crippen LogP contribution >= 0.6 is 0 Å². The van der Waals surface area contributed by atoms with Crippen LogP contribution < -0.4 is 4.74 Å². The second-order valence-electron chi connectivity index (χ2n) is 11.6. The molecule has 8 heteroatoms. The number of aliphatic hydroxyl groups is 3. The molecular weight excluding hydrogens is 488 g/mol. The molecule has 5 N–H and O–H groups in total. The van der Waals surface area contributed by atoms with Gasteiger partial charge in [0.25, 0.3) is 0 Å². The summed E-state index contributed by atoms with van der Waals surface area (Å²) < 4.78 is 11.3. The largest absolute Gasteiger partial charge is 0.507 e. The van der Waals surface area contributed by atoms with Crippen LogP contribution in [0.5, 0.6) is 11.5 Å². The van der Waals surface area contributed by atoms with Crippen LogP contribution in [0.2, 0.25) is 0 Å². The fourth-order valence-corrected chi connectivity index (χ4v) is 5.09. The molecule has 1 heterocycles. The molecule has 8 nitrogen and oxygen atoms in total. The van der Waals surface area contributed by atoms with Gasteiger partial charge in [0.05, 0.1) is 6.61 Å². The number of carboxylic acid groups (broad SMARTS) is 1. The van der Waals surface area contributed by atoms with Crippen LogP contribution in [0.25, 0.3) is 0 Å². The maximum atomic E-state index is 10.7. The lowest BCUT2D eigenvalue weighted by Gasteiger charge is -2.35. The lowest BCUT2D eigenvalue weighted by molar-refractivity contribution is -0.242. The number of ether oxygens (including phenoxy) is 2. The van der Waals surface area contributed by atoms with Gasteiger partial charge in [-0.15, -0.1) is 0 Å². The fraction of sp³-hybridized carbons (Fsp3) is 0.767. The zero-order chi connectivity index (χ0) is 28.4. The topological polar surface area (TPSA) is 137 Å². The maximum absolute atomic E-state index is 10.7. The van der Waals surface area contributed by atoms with Gasteiger partial charge in [-0.25, -0.2) is 0 Å². The number of aryl methyl sites for hydroxylation is 1. The summed E-state index contributed by atoms with van der Waals surface area (Å²) in [6, 6.07) is 1.79. The summed E-state index contributed by atoms with van der Waals surface area (Å²) in [5.41, 5.74) is 2.23. The number of hydrogen-bond acceptors (Lipinski definition) is 7. The Labute approximate surface area is 228 Å². The molecule has 38 heavy (non-hydrogen) atoms. The molecule has 1 aromatic carbocycles. The predicted molar refractivity (Wildman–Crippen MR) is 146 cm³/mol. The first-order chi connectivity index (χ1) is 17.9. The average molecular weight is 539 g/mol. The van der Waals surface area contributed by atoms with Gasteiger partial charge in [0.2, 0.25) is 6.29 Å². The van der Waals surface area contributed by atoms with Gasteiger partial charge < -0.3 is 35.0 Å². The number of benzene rings is 1. The molecule has 0 spiro atoms. The number of carbonyl (C=O) groups is 1. The van der Waals surface area contributed by atoms with Crippen molar-refractivity contribution >= 4 is 5.97 Å². The zero-order valence-electron chi connectivity index (χ0n) is 23.9. The van der Waals surface area contributed by atoms with Gasteiger partial charge >= 0.3 is 5.97 Å². The highest BCUT2D eigenvalue weighted by atomic mass is 16.7. The third kappa shape index (κ3) is 10.0. The molecule has 0 bridgehead atoms. The van der Waals surface area contributed by atoms with Gasteiger partial charge in [0, 0.05) is 6.42 Å². The van der Waals surface area contributed by atoms with E-state index in [1.165, 1.54) is 12.8 Å². The quantitative estimate of drug-likeness (QED) is 0.201. The molecule has 3 unspecified atom stereocenters. The molecule has 0 radical (unpaired) electrons. The first kappa shape index (κ1) is 32.3. The van der Waals surface area contributed by atoms with Gasteiger partial charge in [0.1, 0.15) is 29.8 Å². The molecule has 7 atom stereocenters. The van der Waals surface area contributed by atoms with Gasteiger partial charge in [-0.1, -0.05) is 59.3 Å². The highest BCUT2D eigenvalue weighted by Gasteiger charge is 2.39. The molecule has 1 aliphatic rings. The molecule has 0 saturated carbocycles. The number of aromatic hydroxyl groups is 1. The Hall–Kier alpha value is -1.87. The summed E-state index contributed by atoms with van der Waals surface area (Å²) in [5.74, 6) is 1.66. The number of carboxylic acids is 1. The van der Waals surface area contributed by atoms with Crippen molar-refractivity contribution in [3.63, 3.8) is 0 Å². The van der Waals surface area contributed by atoms with E-state index in [-0.39, 0.29) is 18.8 Å². The molecule has 218 valence electrons. The molecule has 1 saturated heterocycles. The standard InChI is InChI=1S/C30H50O8/c1-18(9-7-11-20(3)13-15-26(32)33)8-6-10-19(2)12-14-23-16-25(21(4)22(5)27(23)34)38-30-29(36)28(35)24(31)17-37-30/h16,18-20,24,28-31,34-36H,6-15,17H2,1-5H3,(H,32,33)/t18?,19?,20?,24-,28+,29-,30+/m1/s1. The molecule has 0 amide bonds. The smallest absolute Gasteiger partial charge is 0.303 e. The minimum Gasteiger partial charge on any atom is -0.507 e. The number of phenols is 1. The van der Waals surface area contributed by atoms with E-state index < -0.39 is 30.6 Å². The van der Waals surface area contributed by atoms with Crippen LogP contribution in [-0.2, 0) is 16.0 Å². The lowest BCUT2D eigenvalue weighted by Crippen LogP contribution is -2.54. The van der Waals surface area contributed by atoms with Crippen molar-refractivity contribution in [2.45, 2.75) is 123 Å². The third-order valence-corrected chi connectivity index (χ3v) is 8.14. The minimum absolute atomic E-state index is 0.131. The molecule has 0 aromatic heterocycles. The number of rotatable bonds is 16. The third-order valence-electron chi connectivity index (χ3n) is 8.14. The van der Waals surface area contributed by atoms with Crippen LogP contribution in [0.15, 0.2) is 6.07 Å². The first-order valence-electron chi connectivity index (χ1n) is 14.3.